The van der Waals surface area contributed by atoms with Gasteiger partial charge in [-0.1, -0.05) is 75.4 Å². The first-order valence-corrected chi connectivity index (χ1v) is 11.2. The Morgan fingerprint density at radius 2 is 1.41 bits per heavy atom. The fraction of sp³-hybridized carbons (Fsp3) is 0.333. The molecule has 0 aliphatic carbocycles. The van der Waals surface area contributed by atoms with Gasteiger partial charge in [-0.25, -0.2) is 0 Å². The molecule has 0 heterocycles. The van der Waals surface area contributed by atoms with E-state index in [1.807, 2.05) is 60.7 Å². The van der Waals surface area contributed by atoms with Gasteiger partial charge in [-0.3, -0.25) is 14.5 Å². The largest absolute Gasteiger partial charge is 0.353 e. The van der Waals surface area contributed by atoms with Crippen LogP contribution in [0.25, 0.3) is 0 Å². The monoisotopic (exact) mass is 410 g/mol. The van der Waals surface area contributed by atoms with E-state index in [1.54, 1.807) is 10.3 Å². The lowest BCUT2D eigenvalue weighted by Gasteiger charge is -2.21. The fourth-order valence-electron chi connectivity index (χ4n) is 2.90. The predicted molar refractivity (Wildman–Crippen MR) is 124 cm³/mol. The molecular formula is C24H30N2O2S. The Kier molecular flexibility index (Phi) is 10.7. The van der Waals surface area contributed by atoms with Crippen LogP contribution in [-0.2, 0) is 4.79 Å². The number of para-hydroxylation sites is 2. The van der Waals surface area contributed by atoms with Gasteiger partial charge in [0.2, 0.25) is 5.91 Å². The molecule has 0 atom stereocenters. The normalized spacial score (nSPS) is 10.8. The molecule has 2 aromatic carbocycles. The highest BCUT2D eigenvalue weighted by molar-refractivity contribution is 8.16. The van der Waals surface area contributed by atoms with Crippen LogP contribution in [0.3, 0.4) is 0 Å². The van der Waals surface area contributed by atoms with Crippen LogP contribution >= 0.6 is 11.8 Å². The highest BCUT2D eigenvalue weighted by Gasteiger charge is 2.17. The van der Waals surface area contributed by atoms with Crippen LogP contribution in [-0.4, -0.2) is 17.7 Å². The standard InChI is InChI=1S/C24H30N2O2S/c1-2-3-4-5-6-13-19-25-23(27)18-20-29-24(28)26(21-14-9-7-10-15-21)22-16-11-8-12-17-22/h7-12,14-18,20H,2-6,13,19H2,1H3,(H,25,27)/b20-18-. The van der Waals surface area contributed by atoms with Crippen molar-refractivity contribution in [2.24, 2.45) is 0 Å². The van der Waals surface area contributed by atoms with Crippen LogP contribution in [0.1, 0.15) is 45.4 Å². The van der Waals surface area contributed by atoms with E-state index < -0.39 is 0 Å². The molecular weight excluding hydrogens is 380 g/mol. The van der Waals surface area contributed by atoms with Gasteiger partial charge in [0.15, 0.2) is 0 Å². The molecule has 2 rings (SSSR count). The Labute approximate surface area is 178 Å². The number of anilines is 2. The number of benzene rings is 2. The average molecular weight is 411 g/mol. The summed E-state index contributed by atoms with van der Waals surface area (Å²) in [4.78, 5) is 26.4. The summed E-state index contributed by atoms with van der Waals surface area (Å²) in [5.41, 5.74) is 1.58. The van der Waals surface area contributed by atoms with Crippen LogP contribution in [0.4, 0.5) is 16.2 Å². The number of rotatable bonds is 11. The summed E-state index contributed by atoms with van der Waals surface area (Å²) in [6.07, 6.45) is 8.56. The van der Waals surface area contributed by atoms with Gasteiger partial charge in [0.25, 0.3) is 5.24 Å². The van der Waals surface area contributed by atoms with Gasteiger partial charge in [0.1, 0.15) is 0 Å². The maximum Gasteiger partial charge on any atom is 0.294 e. The van der Waals surface area contributed by atoms with E-state index in [0.29, 0.717) is 6.54 Å². The molecule has 1 N–H and O–H groups in total. The topological polar surface area (TPSA) is 49.4 Å². The molecule has 0 aromatic heterocycles. The van der Waals surface area contributed by atoms with E-state index in [-0.39, 0.29) is 11.1 Å². The summed E-state index contributed by atoms with van der Waals surface area (Å²) in [6, 6.07) is 19.0. The Hall–Kier alpha value is -2.53. The summed E-state index contributed by atoms with van der Waals surface area (Å²) in [5.74, 6) is -0.162. The van der Waals surface area contributed by atoms with Crippen molar-refractivity contribution in [3.05, 3.63) is 72.1 Å². The van der Waals surface area contributed by atoms with Crippen molar-refractivity contribution >= 4 is 34.3 Å². The lowest BCUT2D eigenvalue weighted by atomic mass is 10.1. The maximum absolute atomic E-state index is 12.8. The molecule has 5 heteroatoms. The molecule has 0 saturated heterocycles. The predicted octanol–water partition coefficient (Wildman–Crippen LogP) is 6.67. The van der Waals surface area contributed by atoms with E-state index in [9.17, 15) is 9.59 Å². The van der Waals surface area contributed by atoms with Crippen molar-refractivity contribution in [1.29, 1.82) is 0 Å². The number of nitrogens with one attached hydrogen (secondary N) is 1. The zero-order valence-corrected chi connectivity index (χ0v) is 17.9. The molecule has 154 valence electrons. The van der Waals surface area contributed by atoms with Crippen molar-refractivity contribution in [3.63, 3.8) is 0 Å². The zero-order valence-electron chi connectivity index (χ0n) is 17.0. The van der Waals surface area contributed by atoms with Gasteiger partial charge in [-0.2, -0.15) is 0 Å². The van der Waals surface area contributed by atoms with Crippen LogP contribution in [0.2, 0.25) is 0 Å². The molecule has 0 bridgehead atoms. The molecule has 0 fully saturated rings. The summed E-state index contributed by atoms with van der Waals surface area (Å²) >= 11 is 1.00. The van der Waals surface area contributed by atoms with Gasteiger partial charge in [-0.05, 0) is 47.9 Å². The lowest BCUT2D eigenvalue weighted by Crippen LogP contribution is -2.22. The fourth-order valence-corrected chi connectivity index (χ4v) is 3.52. The Morgan fingerprint density at radius 1 is 0.862 bits per heavy atom. The summed E-state index contributed by atoms with van der Waals surface area (Å²) in [6.45, 7) is 2.88. The van der Waals surface area contributed by atoms with E-state index in [1.165, 1.54) is 31.8 Å². The van der Waals surface area contributed by atoms with E-state index in [2.05, 4.69) is 12.2 Å². The number of amides is 2. The molecule has 0 saturated carbocycles. The first-order valence-electron chi connectivity index (χ1n) is 10.3. The molecule has 0 unspecified atom stereocenters. The van der Waals surface area contributed by atoms with E-state index in [4.69, 9.17) is 0 Å². The van der Waals surface area contributed by atoms with Crippen LogP contribution < -0.4 is 10.2 Å². The summed E-state index contributed by atoms with van der Waals surface area (Å²) in [5, 5.41) is 4.26. The van der Waals surface area contributed by atoms with Gasteiger partial charge in [-0.15, -0.1) is 0 Å². The number of hydrogen-bond acceptors (Lipinski definition) is 3. The average Bonchev–Trinajstić information content (AvgIpc) is 2.75. The molecule has 0 aliphatic heterocycles. The third kappa shape index (κ3) is 8.57. The minimum absolute atomic E-state index is 0.162. The molecule has 2 amide bonds. The van der Waals surface area contributed by atoms with Crippen LogP contribution in [0, 0.1) is 0 Å². The molecule has 0 aliphatic rings. The van der Waals surface area contributed by atoms with Crippen molar-refractivity contribution in [3.8, 4) is 0 Å². The van der Waals surface area contributed by atoms with E-state index >= 15 is 0 Å². The number of carbonyl (C=O) groups is 2. The number of unbranched alkanes of at least 4 members (excludes halogenated alkanes) is 5. The number of thioether (sulfide) groups is 1. The summed E-state index contributed by atoms with van der Waals surface area (Å²) in [7, 11) is 0. The van der Waals surface area contributed by atoms with Crippen molar-refractivity contribution in [2.75, 3.05) is 11.4 Å². The SMILES string of the molecule is CCCCCCCCNC(=O)/C=C\SC(=O)N(c1ccccc1)c1ccccc1. The van der Waals surface area contributed by atoms with E-state index in [0.717, 1.165) is 36.0 Å². The molecule has 2 aromatic rings. The zero-order chi connectivity index (χ0) is 20.7. The molecule has 0 spiro atoms. The number of carbonyl (C=O) groups excluding carboxylic acids is 2. The Balaban J connectivity index is 1.83. The van der Waals surface area contributed by atoms with Gasteiger partial charge >= 0.3 is 0 Å². The lowest BCUT2D eigenvalue weighted by molar-refractivity contribution is -0.116. The second kappa shape index (κ2) is 13.6. The van der Waals surface area contributed by atoms with Gasteiger partial charge in [0.05, 0.1) is 0 Å². The first-order chi connectivity index (χ1) is 14.2. The number of hydrogen-bond donors (Lipinski definition) is 1. The molecule has 4 nitrogen and oxygen atoms in total. The molecule has 0 radical (unpaired) electrons. The van der Waals surface area contributed by atoms with Crippen LogP contribution in [0.5, 0.6) is 0 Å². The second-order valence-corrected chi connectivity index (χ2v) is 7.61. The third-order valence-corrected chi connectivity index (χ3v) is 5.09. The second-order valence-electron chi connectivity index (χ2n) is 6.75. The molecule has 29 heavy (non-hydrogen) atoms. The highest BCUT2D eigenvalue weighted by atomic mass is 32.2. The van der Waals surface area contributed by atoms with Crippen LogP contribution in [0.15, 0.2) is 72.1 Å². The number of nitrogens with zero attached hydrogens (tertiary/aromatic N) is 1. The minimum atomic E-state index is -0.164. The van der Waals surface area contributed by atoms with Crippen molar-refractivity contribution in [2.45, 2.75) is 45.4 Å². The minimum Gasteiger partial charge on any atom is -0.353 e. The van der Waals surface area contributed by atoms with Crippen molar-refractivity contribution < 1.29 is 9.59 Å². The maximum atomic E-state index is 12.8. The third-order valence-electron chi connectivity index (χ3n) is 4.43. The smallest absolute Gasteiger partial charge is 0.294 e. The highest BCUT2D eigenvalue weighted by Crippen LogP contribution is 2.29. The van der Waals surface area contributed by atoms with Gasteiger partial charge in [0, 0.05) is 24.0 Å². The van der Waals surface area contributed by atoms with Crippen molar-refractivity contribution in [1.82, 2.24) is 5.32 Å². The first kappa shape index (κ1) is 22.8. The Bertz CT molecular complexity index is 723. The Morgan fingerprint density at radius 3 is 2.00 bits per heavy atom. The van der Waals surface area contributed by atoms with Gasteiger partial charge < -0.3 is 5.32 Å². The summed E-state index contributed by atoms with van der Waals surface area (Å²) < 4.78 is 0. The quantitative estimate of drug-likeness (QED) is 0.332.